The minimum absolute atomic E-state index is 0.0463. The molecule has 25 heavy (non-hydrogen) atoms. The van der Waals surface area contributed by atoms with Crippen molar-refractivity contribution in [2.45, 2.75) is 13.1 Å². The Bertz CT molecular complexity index is 932. The first-order valence-corrected chi connectivity index (χ1v) is 7.07. The summed E-state index contributed by atoms with van der Waals surface area (Å²) in [5, 5.41) is 10.8. The molecule has 0 radical (unpaired) electrons. The highest BCUT2D eigenvalue weighted by Crippen LogP contribution is 2.35. The van der Waals surface area contributed by atoms with Crippen LogP contribution in [0.3, 0.4) is 0 Å². The van der Waals surface area contributed by atoms with Crippen LogP contribution in [0.25, 0.3) is 11.8 Å². The van der Waals surface area contributed by atoms with Crippen molar-refractivity contribution in [3.8, 4) is 0 Å². The van der Waals surface area contributed by atoms with Crippen molar-refractivity contribution in [3.63, 3.8) is 0 Å². The number of hydrogen-bond donors (Lipinski definition) is 0. The predicted octanol–water partition coefficient (Wildman–Crippen LogP) is 4.59. The number of carbonyl (C=O) groups excluding carboxylic acids is 1. The van der Waals surface area contributed by atoms with Crippen molar-refractivity contribution in [2.75, 3.05) is 0 Å². The summed E-state index contributed by atoms with van der Waals surface area (Å²) in [5.41, 5.74) is 0.185. The first-order valence-electron chi connectivity index (χ1n) is 7.07. The number of cyclic esters (lactones) is 1. The Labute approximate surface area is 139 Å². The van der Waals surface area contributed by atoms with E-state index in [1.165, 1.54) is 31.2 Å². The molecule has 0 N–H and O–H groups in total. The fourth-order valence-corrected chi connectivity index (χ4v) is 2.50. The summed E-state index contributed by atoms with van der Waals surface area (Å²) in [4.78, 5) is 22.0. The zero-order valence-corrected chi connectivity index (χ0v) is 12.8. The quantitative estimate of drug-likeness (QED) is 0.452. The predicted molar refractivity (Wildman–Crippen MR) is 82.6 cm³/mol. The number of carbonyl (C=O) groups is 1. The van der Waals surface area contributed by atoms with Crippen molar-refractivity contribution in [3.05, 3.63) is 74.3 Å². The molecular weight excluding hydrogens is 339 g/mol. The van der Waals surface area contributed by atoms with Gasteiger partial charge in [-0.25, -0.2) is 4.79 Å². The van der Waals surface area contributed by atoms with Crippen LogP contribution in [0, 0.1) is 17.0 Å². The second kappa shape index (κ2) is 5.73. The number of esters is 1. The molecule has 0 amide bonds. The second-order valence-corrected chi connectivity index (χ2v) is 5.45. The van der Waals surface area contributed by atoms with Crippen LogP contribution in [0.15, 0.2) is 36.4 Å². The third-order valence-corrected chi connectivity index (χ3v) is 3.79. The zero-order chi connectivity index (χ0) is 18.4. The molecule has 0 aromatic heterocycles. The maximum Gasteiger partial charge on any atom is 0.416 e. The maximum atomic E-state index is 12.7. The fourth-order valence-electron chi connectivity index (χ4n) is 2.50. The van der Waals surface area contributed by atoms with Gasteiger partial charge in [0.05, 0.1) is 16.1 Å². The number of fused-ring (bicyclic) bond motifs is 1. The Hall–Kier alpha value is -3.16. The number of nitro groups is 1. The van der Waals surface area contributed by atoms with Gasteiger partial charge in [0.2, 0.25) is 0 Å². The number of halogens is 3. The van der Waals surface area contributed by atoms with Gasteiger partial charge in [-0.2, -0.15) is 13.2 Å². The number of rotatable bonds is 2. The van der Waals surface area contributed by atoms with Gasteiger partial charge >= 0.3 is 12.1 Å². The summed E-state index contributed by atoms with van der Waals surface area (Å²) in [6.07, 6.45) is -3.01. The molecule has 0 aliphatic carbocycles. The molecule has 0 atom stereocenters. The standard InChI is InChI=1S/C17H10F3NO4/c1-9-6-11(17(18,19)20)3-2-10(9)7-15-13-5-4-12(21(23)24)8-14(13)16(22)25-15/h2-8H,1H3. The van der Waals surface area contributed by atoms with Crippen LogP contribution in [-0.2, 0) is 10.9 Å². The van der Waals surface area contributed by atoms with Crippen molar-refractivity contribution in [2.24, 2.45) is 0 Å². The van der Waals surface area contributed by atoms with Gasteiger partial charge in [0.1, 0.15) is 5.76 Å². The average molecular weight is 349 g/mol. The monoisotopic (exact) mass is 349 g/mol. The summed E-state index contributed by atoms with van der Waals surface area (Å²) in [6, 6.07) is 6.94. The Morgan fingerprint density at radius 2 is 1.84 bits per heavy atom. The highest BCUT2D eigenvalue weighted by molar-refractivity contribution is 6.06. The van der Waals surface area contributed by atoms with Crippen LogP contribution in [-0.4, -0.2) is 10.9 Å². The van der Waals surface area contributed by atoms with Crippen molar-refractivity contribution in [1.82, 2.24) is 0 Å². The van der Waals surface area contributed by atoms with E-state index in [1.54, 1.807) is 0 Å². The Kier molecular flexibility index (Phi) is 3.82. The van der Waals surface area contributed by atoms with E-state index in [0.717, 1.165) is 18.2 Å². The van der Waals surface area contributed by atoms with Gasteiger partial charge in [-0.15, -0.1) is 0 Å². The number of aryl methyl sites for hydroxylation is 1. The normalized spacial score (nSPS) is 15.2. The molecule has 8 heteroatoms. The summed E-state index contributed by atoms with van der Waals surface area (Å²) < 4.78 is 43.2. The number of benzene rings is 2. The lowest BCUT2D eigenvalue weighted by atomic mass is 10.0. The SMILES string of the molecule is Cc1cc(C(F)(F)F)ccc1C=C1OC(=O)c2cc([N+](=O)[O-])ccc21. The molecule has 0 saturated heterocycles. The van der Waals surface area contributed by atoms with E-state index in [9.17, 15) is 28.1 Å². The third-order valence-electron chi connectivity index (χ3n) is 3.79. The molecule has 1 aliphatic rings. The Balaban J connectivity index is 2.02. The molecular formula is C17H10F3NO4. The number of non-ortho nitro benzene ring substituents is 1. The number of alkyl halides is 3. The molecule has 0 bridgehead atoms. The summed E-state index contributed by atoms with van der Waals surface area (Å²) in [7, 11) is 0. The van der Waals surface area contributed by atoms with Crippen LogP contribution < -0.4 is 0 Å². The molecule has 5 nitrogen and oxygen atoms in total. The summed E-state index contributed by atoms with van der Waals surface area (Å²) >= 11 is 0. The van der Waals surface area contributed by atoms with Crippen LogP contribution in [0.4, 0.5) is 18.9 Å². The minimum Gasteiger partial charge on any atom is -0.422 e. The summed E-state index contributed by atoms with van der Waals surface area (Å²) in [6.45, 7) is 1.51. The van der Waals surface area contributed by atoms with E-state index in [1.807, 2.05) is 0 Å². The van der Waals surface area contributed by atoms with E-state index in [0.29, 0.717) is 16.7 Å². The summed E-state index contributed by atoms with van der Waals surface area (Å²) in [5.74, 6) is -0.604. The van der Waals surface area contributed by atoms with Gasteiger partial charge in [-0.05, 0) is 42.3 Å². The van der Waals surface area contributed by atoms with Crippen molar-refractivity contribution < 1.29 is 27.6 Å². The second-order valence-electron chi connectivity index (χ2n) is 5.45. The number of nitro benzene ring substituents is 1. The lowest BCUT2D eigenvalue weighted by Gasteiger charge is -2.09. The molecule has 2 aromatic carbocycles. The molecule has 1 heterocycles. The minimum atomic E-state index is -4.44. The van der Waals surface area contributed by atoms with Gasteiger partial charge in [0.15, 0.2) is 0 Å². The molecule has 0 unspecified atom stereocenters. The molecule has 0 fully saturated rings. The fraction of sp³-hybridized carbons (Fsp3) is 0.118. The van der Waals surface area contributed by atoms with Gasteiger partial charge in [-0.1, -0.05) is 6.07 Å². The highest BCUT2D eigenvalue weighted by atomic mass is 19.4. The van der Waals surface area contributed by atoms with E-state index < -0.39 is 22.6 Å². The third kappa shape index (κ3) is 3.10. The van der Waals surface area contributed by atoms with Gasteiger partial charge in [-0.3, -0.25) is 10.1 Å². The van der Waals surface area contributed by atoms with E-state index in [4.69, 9.17) is 4.74 Å². The van der Waals surface area contributed by atoms with Crippen molar-refractivity contribution >= 4 is 23.5 Å². The smallest absolute Gasteiger partial charge is 0.416 e. The number of hydrogen-bond acceptors (Lipinski definition) is 4. The number of nitrogens with zero attached hydrogens (tertiary/aromatic N) is 1. The average Bonchev–Trinajstić information content (AvgIpc) is 2.84. The first kappa shape index (κ1) is 16.7. The van der Waals surface area contributed by atoms with E-state index in [-0.39, 0.29) is 17.0 Å². The van der Waals surface area contributed by atoms with E-state index >= 15 is 0 Å². The van der Waals surface area contributed by atoms with Crippen molar-refractivity contribution in [1.29, 1.82) is 0 Å². The lowest BCUT2D eigenvalue weighted by molar-refractivity contribution is -0.384. The highest BCUT2D eigenvalue weighted by Gasteiger charge is 2.31. The van der Waals surface area contributed by atoms with Gasteiger partial charge < -0.3 is 4.74 Å². The molecule has 0 saturated carbocycles. The van der Waals surface area contributed by atoms with E-state index in [2.05, 4.69) is 0 Å². The van der Waals surface area contributed by atoms with Crippen LogP contribution in [0.2, 0.25) is 0 Å². The van der Waals surface area contributed by atoms with Gasteiger partial charge in [0, 0.05) is 17.7 Å². The molecule has 0 spiro atoms. The Morgan fingerprint density at radius 3 is 2.44 bits per heavy atom. The largest absolute Gasteiger partial charge is 0.422 e. The zero-order valence-electron chi connectivity index (χ0n) is 12.8. The van der Waals surface area contributed by atoms with Crippen LogP contribution >= 0.6 is 0 Å². The molecule has 1 aliphatic heterocycles. The molecule has 2 aromatic rings. The Morgan fingerprint density at radius 1 is 1.12 bits per heavy atom. The topological polar surface area (TPSA) is 69.4 Å². The first-order chi connectivity index (χ1) is 11.7. The lowest BCUT2D eigenvalue weighted by Crippen LogP contribution is -2.05. The molecule has 128 valence electrons. The molecule has 3 rings (SSSR count). The maximum absolute atomic E-state index is 12.7. The number of ether oxygens (including phenoxy) is 1. The van der Waals surface area contributed by atoms with Crippen LogP contribution in [0.5, 0.6) is 0 Å². The van der Waals surface area contributed by atoms with Crippen LogP contribution in [0.1, 0.15) is 32.6 Å². The van der Waals surface area contributed by atoms with Gasteiger partial charge in [0.25, 0.3) is 5.69 Å².